The van der Waals surface area contributed by atoms with Gasteiger partial charge in [0.1, 0.15) is 5.75 Å². The number of benzene rings is 2. The molecule has 0 bridgehead atoms. The van der Waals surface area contributed by atoms with Gasteiger partial charge >= 0.3 is 0 Å². The van der Waals surface area contributed by atoms with Gasteiger partial charge in [0.05, 0.1) is 25.9 Å². The zero-order valence-corrected chi connectivity index (χ0v) is 20.2. The molecular formula is C25H31N5O3S. The highest BCUT2D eigenvalue weighted by Gasteiger charge is 2.23. The SMILES string of the molecule is CCOc1ccc(-c2n[nH]c(=S)n2CCC(=O)NCC(c2ccccc2)N2CCOCC2)cc1. The van der Waals surface area contributed by atoms with Crippen LogP contribution in [0.4, 0.5) is 0 Å². The molecule has 2 heterocycles. The zero-order chi connectivity index (χ0) is 23.8. The fourth-order valence-electron chi connectivity index (χ4n) is 4.15. The second-order valence-corrected chi connectivity index (χ2v) is 8.48. The molecule has 3 aromatic rings. The first kappa shape index (κ1) is 24.1. The van der Waals surface area contributed by atoms with Crippen LogP contribution in [-0.4, -0.2) is 65.0 Å². The molecule has 1 aliphatic rings. The minimum absolute atomic E-state index is 0.0186. The van der Waals surface area contributed by atoms with Gasteiger partial charge in [0.25, 0.3) is 0 Å². The number of rotatable bonds is 10. The van der Waals surface area contributed by atoms with Crippen LogP contribution in [0.3, 0.4) is 0 Å². The Bertz CT molecular complexity index is 1110. The molecule has 2 N–H and O–H groups in total. The number of ether oxygens (including phenoxy) is 2. The van der Waals surface area contributed by atoms with E-state index in [1.807, 2.05) is 54.0 Å². The Hall–Kier alpha value is -3.01. The van der Waals surface area contributed by atoms with Gasteiger partial charge in [-0.05, 0) is 49.0 Å². The van der Waals surface area contributed by atoms with E-state index in [9.17, 15) is 4.79 Å². The summed E-state index contributed by atoms with van der Waals surface area (Å²) >= 11 is 5.42. The molecule has 1 aliphatic heterocycles. The third-order valence-electron chi connectivity index (χ3n) is 5.91. The minimum Gasteiger partial charge on any atom is -0.494 e. The number of hydrogen-bond donors (Lipinski definition) is 2. The summed E-state index contributed by atoms with van der Waals surface area (Å²) in [6.07, 6.45) is 0.308. The molecule has 180 valence electrons. The Morgan fingerprint density at radius 2 is 1.91 bits per heavy atom. The first-order chi connectivity index (χ1) is 16.7. The van der Waals surface area contributed by atoms with Gasteiger partial charge in [0.2, 0.25) is 5.91 Å². The van der Waals surface area contributed by atoms with Crippen molar-refractivity contribution in [3.8, 4) is 17.1 Å². The number of aromatic amines is 1. The maximum Gasteiger partial charge on any atom is 0.221 e. The van der Waals surface area contributed by atoms with Gasteiger partial charge < -0.3 is 14.8 Å². The molecule has 1 saturated heterocycles. The lowest BCUT2D eigenvalue weighted by atomic mass is 10.0. The second-order valence-electron chi connectivity index (χ2n) is 8.09. The van der Waals surface area contributed by atoms with Crippen molar-refractivity contribution >= 4 is 18.1 Å². The molecule has 1 unspecified atom stereocenters. The van der Waals surface area contributed by atoms with Gasteiger partial charge in [-0.1, -0.05) is 30.3 Å². The van der Waals surface area contributed by atoms with E-state index < -0.39 is 0 Å². The maximum atomic E-state index is 12.8. The third-order valence-corrected chi connectivity index (χ3v) is 6.22. The fraction of sp³-hybridized carbons (Fsp3) is 0.400. The average molecular weight is 482 g/mol. The molecule has 1 aromatic heterocycles. The van der Waals surface area contributed by atoms with Crippen molar-refractivity contribution in [2.24, 2.45) is 0 Å². The molecule has 0 saturated carbocycles. The first-order valence-electron chi connectivity index (χ1n) is 11.7. The minimum atomic E-state index is -0.0186. The Kier molecular flexibility index (Phi) is 8.46. The summed E-state index contributed by atoms with van der Waals surface area (Å²) in [7, 11) is 0. The van der Waals surface area contributed by atoms with Crippen molar-refractivity contribution in [2.75, 3.05) is 39.5 Å². The van der Waals surface area contributed by atoms with Crippen LogP contribution >= 0.6 is 12.2 Å². The number of nitrogens with one attached hydrogen (secondary N) is 2. The largest absolute Gasteiger partial charge is 0.494 e. The number of hydrogen-bond acceptors (Lipinski definition) is 6. The predicted molar refractivity (Wildman–Crippen MR) is 133 cm³/mol. The molecule has 34 heavy (non-hydrogen) atoms. The van der Waals surface area contributed by atoms with Gasteiger partial charge in [0.15, 0.2) is 10.6 Å². The summed E-state index contributed by atoms with van der Waals surface area (Å²) in [4.78, 5) is 15.2. The summed E-state index contributed by atoms with van der Waals surface area (Å²) in [5, 5.41) is 10.3. The molecule has 9 heteroatoms. The van der Waals surface area contributed by atoms with Crippen LogP contribution in [0.1, 0.15) is 24.9 Å². The van der Waals surface area contributed by atoms with Gasteiger partial charge in [-0.15, -0.1) is 0 Å². The van der Waals surface area contributed by atoms with Gasteiger partial charge in [-0.2, -0.15) is 5.10 Å². The number of morpholine rings is 1. The van der Waals surface area contributed by atoms with Crippen LogP contribution in [0.5, 0.6) is 5.75 Å². The van der Waals surface area contributed by atoms with E-state index in [1.165, 1.54) is 5.56 Å². The van der Waals surface area contributed by atoms with E-state index in [-0.39, 0.29) is 11.9 Å². The van der Waals surface area contributed by atoms with E-state index in [4.69, 9.17) is 21.7 Å². The number of amides is 1. The van der Waals surface area contributed by atoms with E-state index in [0.29, 0.717) is 49.9 Å². The van der Waals surface area contributed by atoms with Crippen LogP contribution < -0.4 is 10.1 Å². The maximum absolute atomic E-state index is 12.8. The predicted octanol–water partition coefficient (Wildman–Crippen LogP) is 3.59. The summed E-state index contributed by atoms with van der Waals surface area (Å²) in [6, 6.07) is 18.1. The highest BCUT2D eigenvalue weighted by atomic mass is 32.1. The summed E-state index contributed by atoms with van der Waals surface area (Å²) in [5.41, 5.74) is 2.10. The molecule has 4 rings (SSSR count). The molecule has 8 nitrogen and oxygen atoms in total. The smallest absolute Gasteiger partial charge is 0.221 e. The van der Waals surface area contributed by atoms with Crippen LogP contribution in [-0.2, 0) is 16.1 Å². The van der Waals surface area contributed by atoms with Crippen molar-refractivity contribution in [3.63, 3.8) is 0 Å². The normalized spacial score (nSPS) is 15.1. The molecule has 1 atom stereocenters. The Labute approximate surface area is 204 Å². The van der Waals surface area contributed by atoms with Gasteiger partial charge in [-0.25, -0.2) is 0 Å². The highest BCUT2D eigenvalue weighted by molar-refractivity contribution is 7.71. The second kappa shape index (κ2) is 11.9. The molecule has 1 fully saturated rings. The van der Waals surface area contributed by atoms with Gasteiger partial charge in [0, 0.05) is 38.2 Å². The molecule has 0 radical (unpaired) electrons. The lowest BCUT2D eigenvalue weighted by molar-refractivity contribution is -0.121. The number of carbonyl (C=O) groups excluding carboxylic acids is 1. The van der Waals surface area contributed by atoms with Crippen LogP contribution in [0.2, 0.25) is 0 Å². The number of carbonyl (C=O) groups is 1. The van der Waals surface area contributed by atoms with Crippen molar-refractivity contribution in [3.05, 3.63) is 64.9 Å². The standard InChI is InChI=1S/C25H31N5O3S/c1-2-33-21-10-8-20(9-11-21)24-27-28-25(34)30(24)13-12-23(31)26-18-22(19-6-4-3-5-7-19)29-14-16-32-17-15-29/h3-11,22H,2,12-18H2,1H3,(H,26,31)(H,28,34). The van der Waals surface area contributed by atoms with E-state index in [2.05, 4.69) is 32.5 Å². The highest BCUT2D eigenvalue weighted by Crippen LogP contribution is 2.22. The van der Waals surface area contributed by atoms with Crippen LogP contribution in [0, 0.1) is 4.77 Å². The monoisotopic (exact) mass is 481 g/mol. The van der Waals surface area contributed by atoms with Crippen molar-refractivity contribution in [1.29, 1.82) is 0 Å². The topological polar surface area (TPSA) is 84.4 Å². The number of nitrogens with zero attached hydrogens (tertiary/aromatic N) is 3. The van der Waals surface area contributed by atoms with Crippen LogP contribution in [0.25, 0.3) is 11.4 Å². The Balaban J connectivity index is 1.38. The van der Waals surface area contributed by atoms with Gasteiger partial charge in [-0.3, -0.25) is 19.4 Å². The van der Waals surface area contributed by atoms with E-state index in [1.54, 1.807) is 0 Å². The summed E-state index contributed by atoms with van der Waals surface area (Å²) < 4.78 is 13.4. The Morgan fingerprint density at radius 3 is 2.62 bits per heavy atom. The van der Waals surface area contributed by atoms with Crippen molar-refractivity contribution in [1.82, 2.24) is 25.0 Å². The Morgan fingerprint density at radius 1 is 1.18 bits per heavy atom. The molecular weight excluding hydrogens is 450 g/mol. The zero-order valence-electron chi connectivity index (χ0n) is 19.4. The molecule has 0 aliphatic carbocycles. The molecule has 0 spiro atoms. The average Bonchev–Trinajstić information content (AvgIpc) is 3.25. The van der Waals surface area contributed by atoms with Crippen LogP contribution in [0.15, 0.2) is 54.6 Å². The molecule has 1 amide bonds. The van der Waals surface area contributed by atoms with Crippen molar-refractivity contribution < 1.29 is 14.3 Å². The van der Waals surface area contributed by atoms with E-state index >= 15 is 0 Å². The first-order valence-corrected chi connectivity index (χ1v) is 12.1. The lowest BCUT2D eigenvalue weighted by Crippen LogP contribution is -2.43. The quantitative estimate of drug-likeness (QED) is 0.431. The van der Waals surface area contributed by atoms with Crippen molar-refractivity contribution in [2.45, 2.75) is 25.9 Å². The number of H-pyrrole nitrogens is 1. The summed E-state index contributed by atoms with van der Waals surface area (Å²) in [5.74, 6) is 1.49. The fourth-order valence-corrected chi connectivity index (χ4v) is 4.37. The molecule has 2 aromatic carbocycles. The van der Waals surface area contributed by atoms with E-state index in [0.717, 1.165) is 24.4 Å². The number of aromatic nitrogens is 3. The summed E-state index contributed by atoms with van der Waals surface area (Å²) in [6.45, 7) is 6.68. The third kappa shape index (κ3) is 6.11. The lowest BCUT2D eigenvalue weighted by Gasteiger charge is -2.35.